The number of piperidine rings is 1. The number of benzene rings is 2. The number of anilines is 1. The Morgan fingerprint density at radius 3 is 2.46 bits per heavy atom. The van der Waals surface area contributed by atoms with Gasteiger partial charge in [-0.1, -0.05) is 19.1 Å². The number of hydrogen-bond acceptors (Lipinski definition) is 2. The summed E-state index contributed by atoms with van der Waals surface area (Å²) < 4.78 is 13.6. The zero-order valence-corrected chi connectivity index (χ0v) is 14.9. The van der Waals surface area contributed by atoms with E-state index in [1.165, 1.54) is 12.1 Å². The molecule has 2 amide bonds. The van der Waals surface area contributed by atoms with Gasteiger partial charge in [-0.3, -0.25) is 9.59 Å². The lowest BCUT2D eigenvalue weighted by Crippen LogP contribution is -2.43. The third-order valence-corrected chi connectivity index (χ3v) is 4.88. The molecular weight excluding hydrogens is 331 g/mol. The van der Waals surface area contributed by atoms with Gasteiger partial charge in [0.15, 0.2) is 0 Å². The highest BCUT2D eigenvalue weighted by molar-refractivity contribution is 6.05. The first-order chi connectivity index (χ1) is 12.6. The van der Waals surface area contributed by atoms with E-state index in [9.17, 15) is 14.0 Å². The Kier molecular flexibility index (Phi) is 5.66. The van der Waals surface area contributed by atoms with Gasteiger partial charge >= 0.3 is 0 Å². The highest BCUT2D eigenvalue weighted by Crippen LogP contribution is 2.22. The van der Waals surface area contributed by atoms with Gasteiger partial charge < -0.3 is 10.2 Å². The quantitative estimate of drug-likeness (QED) is 0.880. The van der Waals surface area contributed by atoms with Gasteiger partial charge in [-0.25, -0.2) is 4.39 Å². The largest absolute Gasteiger partial charge is 0.336 e. The Morgan fingerprint density at radius 1 is 1.08 bits per heavy atom. The average Bonchev–Trinajstić information content (AvgIpc) is 2.69. The fourth-order valence-electron chi connectivity index (χ4n) is 3.38. The van der Waals surface area contributed by atoms with Gasteiger partial charge in [-0.05, 0) is 62.1 Å². The predicted molar refractivity (Wildman–Crippen MR) is 99.8 cm³/mol. The summed E-state index contributed by atoms with van der Waals surface area (Å²) in [6, 6.07) is 12.9. The van der Waals surface area contributed by atoms with E-state index < -0.39 is 11.7 Å². The SMILES string of the molecule is CCC1CCCCN1C(=O)c1ccc(C(=O)Nc2ccccc2F)cc1. The summed E-state index contributed by atoms with van der Waals surface area (Å²) in [5.74, 6) is -0.875. The molecule has 136 valence electrons. The Morgan fingerprint density at radius 2 is 1.77 bits per heavy atom. The van der Waals surface area contributed by atoms with Crippen molar-refractivity contribution in [3.63, 3.8) is 0 Å². The summed E-state index contributed by atoms with van der Waals surface area (Å²) in [6.45, 7) is 2.89. The molecule has 0 bridgehead atoms. The highest BCUT2D eigenvalue weighted by atomic mass is 19.1. The van der Waals surface area contributed by atoms with Crippen molar-refractivity contribution in [3.8, 4) is 0 Å². The van der Waals surface area contributed by atoms with Gasteiger partial charge in [0.2, 0.25) is 0 Å². The average molecular weight is 354 g/mol. The summed E-state index contributed by atoms with van der Waals surface area (Å²) >= 11 is 0. The molecular formula is C21H23FN2O2. The minimum Gasteiger partial charge on any atom is -0.336 e. The third-order valence-electron chi connectivity index (χ3n) is 4.88. The Bertz CT molecular complexity index is 789. The number of carbonyl (C=O) groups is 2. The topological polar surface area (TPSA) is 49.4 Å². The van der Waals surface area contributed by atoms with Gasteiger partial charge in [0.1, 0.15) is 5.82 Å². The monoisotopic (exact) mass is 354 g/mol. The number of carbonyl (C=O) groups excluding carboxylic acids is 2. The van der Waals surface area contributed by atoms with Crippen molar-refractivity contribution in [3.05, 3.63) is 65.5 Å². The van der Waals surface area contributed by atoms with Crippen molar-refractivity contribution >= 4 is 17.5 Å². The molecule has 2 aromatic carbocycles. The fraction of sp³-hybridized carbons (Fsp3) is 0.333. The second kappa shape index (κ2) is 8.13. The van der Waals surface area contributed by atoms with Crippen molar-refractivity contribution in [2.24, 2.45) is 0 Å². The standard InChI is InChI=1S/C21H23FN2O2/c1-2-17-7-5-6-14-24(17)21(26)16-12-10-15(11-13-16)20(25)23-19-9-4-3-8-18(19)22/h3-4,8-13,17H,2,5-7,14H2,1H3,(H,23,25). The molecule has 0 spiro atoms. The van der Waals surface area contributed by atoms with Crippen LogP contribution in [-0.2, 0) is 0 Å². The van der Waals surface area contributed by atoms with Gasteiger partial charge in [0.25, 0.3) is 11.8 Å². The van der Waals surface area contributed by atoms with E-state index in [2.05, 4.69) is 12.2 Å². The molecule has 1 saturated heterocycles. The van der Waals surface area contributed by atoms with Crippen LogP contribution in [-0.4, -0.2) is 29.3 Å². The zero-order valence-electron chi connectivity index (χ0n) is 14.9. The molecule has 0 aliphatic carbocycles. The van der Waals surface area contributed by atoms with Gasteiger partial charge in [0.05, 0.1) is 5.69 Å². The minimum atomic E-state index is -0.483. The lowest BCUT2D eigenvalue weighted by molar-refractivity contribution is 0.0607. The van der Waals surface area contributed by atoms with Crippen LogP contribution in [0.2, 0.25) is 0 Å². The van der Waals surface area contributed by atoms with E-state index >= 15 is 0 Å². The van der Waals surface area contributed by atoms with Crippen LogP contribution in [0.15, 0.2) is 48.5 Å². The van der Waals surface area contributed by atoms with E-state index in [0.29, 0.717) is 17.2 Å². The summed E-state index contributed by atoms with van der Waals surface area (Å²) in [5, 5.41) is 2.55. The molecule has 5 heteroatoms. The lowest BCUT2D eigenvalue weighted by Gasteiger charge is -2.35. The van der Waals surface area contributed by atoms with Crippen molar-refractivity contribution in [2.45, 2.75) is 38.6 Å². The van der Waals surface area contributed by atoms with Crippen LogP contribution in [0.4, 0.5) is 10.1 Å². The molecule has 1 atom stereocenters. The fourth-order valence-corrected chi connectivity index (χ4v) is 3.38. The zero-order chi connectivity index (χ0) is 18.5. The van der Waals surface area contributed by atoms with Crippen molar-refractivity contribution in [1.82, 2.24) is 4.90 Å². The van der Waals surface area contributed by atoms with E-state index in [4.69, 9.17) is 0 Å². The van der Waals surface area contributed by atoms with Gasteiger partial charge in [-0.15, -0.1) is 0 Å². The maximum atomic E-state index is 13.6. The third kappa shape index (κ3) is 3.93. The molecule has 2 aromatic rings. The first-order valence-electron chi connectivity index (χ1n) is 9.07. The van der Waals surface area contributed by atoms with Crippen LogP contribution in [0.3, 0.4) is 0 Å². The summed E-state index contributed by atoms with van der Waals surface area (Å²) in [4.78, 5) is 27.0. The maximum Gasteiger partial charge on any atom is 0.255 e. The predicted octanol–water partition coefficient (Wildman–Crippen LogP) is 4.48. The molecule has 1 unspecified atom stereocenters. The molecule has 1 aliphatic rings. The summed E-state index contributed by atoms with van der Waals surface area (Å²) in [6.07, 6.45) is 4.20. The lowest BCUT2D eigenvalue weighted by atomic mass is 9.98. The molecule has 0 radical (unpaired) electrons. The number of nitrogens with zero attached hydrogens (tertiary/aromatic N) is 1. The number of amides is 2. The summed E-state index contributed by atoms with van der Waals surface area (Å²) in [7, 11) is 0. The molecule has 1 heterocycles. The van der Waals surface area contributed by atoms with E-state index in [-0.39, 0.29) is 11.6 Å². The van der Waals surface area contributed by atoms with Gasteiger partial charge in [-0.2, -0.15) is 0 Å². The Balaban J connectivity index is 1.70. The molecule has 1 aliphatic heterocycles. The number of nitrogens with one attached hydrogen (secondary N) is 1. The first kappa shape index (κ1) is 18.1. The smallest absolute Gasteiger partial charge is 0.255 e. The normalized spacial score (nSPS) is 17.0. The first-order valence-corrected chi connectivity index (χ1v) is 9.07. The van der Waals surface area contributed by atoms with Crippen molar-refractivity contribution in [1.29, 1.82) is 0 Å². The number of likely N-dealkylation sites (tertiary alicyclic amines) is 1. The van der Waals surface area contributed by atoms with Crippen LogP contribution in [0.5, 0.6) is 0 Å². The van der Waals surface area contributed by atoms with E-state index in [1.807, 2.05) is 4.90 Å². The van der Waals surface area contributed by atoms with Crippen LogP contribution in [0.1, 0.15) is 53.3 Å². The van der Waals surface area contributed by atoms with E-state index in [1.54, 1.807) is 36.4 Å². The number of hydrogen-bond donors (Lipinski definition) is 1. The second-order valence-electron chi connectivity index (χ2n) is 6.57. The molecule has 26 heavy (non-hydrogen) atoms. The Labute approximate surface area is 153 Å². The molecule has 0 saturated carbocycles. The van der Waals surface area contributed by atoms with Gasteiger partial charge in [0, 0.05) is 23.7 Å². The second-order valence-corrected chi connectivity index (χ2v) is 6.57. The number of para-hydroxylation sites is 1. The van der Waals surface area contributed by atoms with Crippen molar-refractivity contribution in [2.75, 3.05) is 11.9 Å². The number of rotatable bonds is 4. The van der Waals surface area contributed by atoms with Crippen LogP contribution in [0.25, 0.3) is 0 Å². The maximum absolute atomic E-state index is 13.6. The molecule has 3 rings (SSSR count). The van der Waals surface area contributed by atoms with Crippen LogP contribution >= 0.6 is 0 Å². The number of halogens is 1. The summed E-state index contributed by atoms with van der Waals surface area (Å²) in [5.41, 5.74) is 1.10. The van der Waals surface area contributed by atoms with Crippen LogP contribution < -0.4 is 5.32 Å². The minimum absolute atomic E-state index is 0.0117. The van der Waals surface area contributed by atoms with Crippen molar-refractivity contribution < 1.29 is 14.0 Å². The Hall–Kier alpha value is -2.69. The van der Waals surface area contributed by atoms with E-state index in [0.717, 1.165) is 32.2 Å². The molecule has 4 nitrogen and oxygen atoms in total. The molecule has 0 aromatic heterocycles. The molecule has 1 N–H and O–H groups in total. The van der Waals surface area contributed by atoms with Crippen LogP contribution in [0, 0.1) is 5.82 Å². The molecule has 1 fully saturated rings. The highest BCUT2D eigenvalue weighted by Gasteiger charge is 2.26.